The standard InChI is InChI=1S/C15H13F3N4O4/c1-26-12(23)5-11-13-10(3-2-4-21(13)25)14(24)22(11)9-6-19-20(7-9)8-15(16,17)18/h2-4,6-7,11H,5,8H2,1H3. The highest BCUT2D eigenvalue weighted by Crippen LogP contribution is 2.37. The molecule has 3 heterocycles. The van der Waals surface area contributed by atoms with E-state index in [1.807, 2.05) is 0 Å². The molecule has 0 radical (unpaired) electrons. The van der Waals surface area contributed by atoms with Crippen molar-refractivity contribution < 1.29 is 32.2 Å². The van der Waals surface area contributed by atoms with Gasteiger partial charge in [-0.1, -0.05) is 0 Å². The van der Waals surface area contributed by atoms with Gasteiger partial charge in [-0.15, -0.1) is 0 Å². The third-order valence-corrected chi connectivity index (χ3v) is 3.90. The predicted octanol–water partition coefficient (Wildman–Crippen LogP) is 1.34. The number of fused-ring (bicyclic) bond motifs is 1. The van der Waals surface area contributed by atoms with Crippen molar-refractivity contribution >= 4 is 17.6 Å². The third kappa shape index (κ3) is 3.19. The summed E-state index contributed by atoms with van der Waals surface area (Å²) in [6.45, 7) is -1.33. The number of nitrogens with zero attached hydrogens (tertiary/aromatic N) is 4. The van der Waals surface area contributed by atoms with Crippen molar-refractivity contribution in [2.45, 2.75) is 25.2 Å². The Bertz CT molecular complexity index is 865. The third-order valence-electron chi connectivity index (χ3n) is 3.90. The van der Waals surface area contributed by atoms with E-state index in [0.29, 0.717) is 9.41 Å². The topological polar surface area (TPSA) is 91.4 Å². The van der Waals surface area contributed by atoms with Crippen LogP contribution in [0, 0.1) is 5.21 Å². The van der Waals surface area contributed by atoms with Gasteiger partial charge in [-0.3, -0.25) is 19.2 Å². The van der Waals surface area contributed by atoms with E-state index in [2.05, 4.69) is 9.84 Å². The Labute approximate surface area is 145 Å². The van der Waals surface area contributed by atoms with Crippen LogP contribution in [0.5, 0.6) is 0 Å². The van der Waals surface area contributed by atoms with Crippen LogP contribution < -0.4 is 9.63 Å². The van der Waals surface area contributed by atoms with Crippen LogP contribution >= 0.6 is 0 Å². The number of alkyl halides is 3. The molecule has 1 atom stereocenters. The molecule has 1 unspecified atom stereocenters. The monoisotopic (exact) mass is 370 g/mol. The van der Waals surface area contributed by atoms with Crippen molar-refractivity contribution in [3.05, 3.63) is 47.2 Å². The van der Waals surface area contributed by atoms with Crippen molar-refractivity contribution in [2.75, 3.05) is 12.0 Å². The van der Waals surface area contributed by atoms with Crippen LogP contribution in [0.2, 0.25) is 0 Å². The van der Waals surface area contributed by atoms with Crippen LogP contribution in [0.1, 0.15) is 28.5 Å². The summed E-state index contributed by atoms with van der Waals surface area (Å²) >= 11 is 0. The maximum absolute atomic E-state index is 12.7. The van der Waals surface area contributed by atoms with Crippen LogP contribution in [-0.2, 0) is 16.1 Å². The van der Waals surface area contributed by atoms with E-state index in [1.54, 1.807) is 0 Å². The highest BCUT2D eigenvalue weighted by Gasteiger charge is 2.45. The molecule has 11 heteroatoms. The Morgan fingerprint density at radius 1 is 1.46 bits per heavy atom. The molecule has 2 aromatic heterocycles. The molecule has 8 nitrogen and oxygen atoms in total. The first-order valence-corrected chi connectivity index (χ1v) is 7.43. The highest BCUT2D eigenvalue weighted by atomic mass is 19.4. The zero-order valence-corrected chi connectivity index (χ0v) is 13.4. The van der Waals surface area contributed by atoms with Gasteiger partial charge >= 0.3 is 12.1 Å². The van der Waals surface area contributed by atoms with Gasteiger partial charge in [-0.2, -0.15) is 23.0 Å². The summed E-state index contributed by atoms with van der Waals surface area (Å²) in [7, 11) is 1.15. The smallest absolute Gasteiger partial charge is 0.408 e. The largest absolute Gasteiger partial charge is 0.618 e. The molecule has 2 aromatic rings. The normalized spacial score (nSPS) is 16.7. The molecule has 0 bridgehead atoms. The Balaban J connectivity index is 2.01. The predicted molar refractivity (Wildman–Crippen MR) is 79.9 cm³/mol. The quantitative estimate of drug-likeness (QED) is 0.460. The van der Waals surface area contributed by atoms with Gasteiger partial charge in [-0.05, 0) is 6.07 Å². The van der Waals surface area contributed by atoms with E-state index >= 15 is 0 Å². The number of carbonyl (C=O) groups is 2. The number of esters is 1. The molecule has 0 N–H and O–H groups in total. The summed E-state index contributed by atoms with van der Waals surface area (Å²) in [5.41, 5.74) is 0.149. The van der Waals surface area contributed by atoms with Crippen LogP contribution in [0.15, 0.2) is 30.7 Å². The van der Waals surface area contributed by atoms with Crippen molar-refractivity contribution in [2.24, 2.45) is 0 Å². The van der Waals surface area contributed by atoms with Crippen LogP contribution in [0.25, 0.3) is 0 Å². The Morgan fingerprint density at radius 2 is 2.19 bits per heavy atom. The minimum Gasteiger partial charge on any atom is -0.618 e. The molecule has 1 aliphatic rings. The first-order chi connectivity index (χ1) is 12.2. The first-order valence-electron chi connectivity index (χ1n) is 7.43. The van der Waals surface area contributed by atoms with E-state index in [4.69, 9.17) is 0 Å². The number of ether oxygens (including phenoxy) is 1. The lowest BCUT2D eigenvalue weighted by molar-refractivity contribution is -0.615. The van der Waals surface area contributed by atoms with Crippen LogP contribution in [0.3, 0.4) is 0 Å². The maximum atomic E-state index is 12.7. The number of carbonyl (C=O) groups excluding carboxylic acids is 2. The molecule has 0 saturated heterocycles. The van der Waals surface area contributed by atoms with E-state index < -0.39 is 30.6 Å². The van der Waals surface area contributed by atoms with E-state index in [1.165, 1.54) is 18.3 Å². The summed E-state index contributed by atoms with van der Waals surface area (Å²) in [6.07, 6.45) is -1.52. The minimum atomic E-state index is -4.48. The van der Waals surface area contributed by atoms with Crippen molar-refractivity contribution in [3.8, 4) is 0 Å². The molecule has 26 heavy (non-hydrogen) atoms. The number of hydrogen-bond acceptors (Lipinski definition) is 5. The van der Waals surface area contributed by atoms with Gasteiger partial charge in [0.25, 0.3) is 5.91 Å². The number of rotatable bonds is 4. The van der Waals surface area contributed by atoms with Crippen molar-refractivity contribution in [3.63, 3.8) is 0 Å². The number of halogens is 3. The van der Waals surface area contributed by atoms with Gasteiger partial charge in [0.15, 0.2) is 6.20 Å². The number of amides is 1. The lowest BCUT2D eigenvalue weighted by Gasteiger charge is -2.21. The number of hydrogen-bond donors (Lipinski definition) is 0. The van der Waals surface area contributed by atoms with Gasteiger partial charge in [0.05, 0.1) is 25.4 Å². The molecule has 3 rings (SSSR count). The molecular weight excluding hydrogens is 357 g/mol. The number of anilines is 1. The van der Waals surface area contributed by atoms with E-state index in [0.717, 1.165) is 24.4 Å². The zero-order chi connectivity index (χ0) is 19.1. The average Bonchev–Trinajstić information content (AvgIpc) is 3.09. The van der Waals surface area contributed by atoms with Gasteiger partial charge < -0.3 is 9.94 Å². The van der Waals surface area contributed by atoms with E-state index in [-0.39, 0.29) is 23.4 Å². The molecule has 0 fully saturated rings. The van der Waals surface area contributed by atoms with Gasteiger partial charge in [0, 0.05) is 12.3 Å². The van der Waals surface area contributed by atoms with Crippen LogP contribution in [0.4, 0.5) is 18.9 Å². The second-order valence-corrected chi connectivity index (χ2v) is 5.62. The SMILES string of the molecule is COC(=O)CC1c2c(ccc[n+]2[O-])C(=O)N1c1cnn(CC(F)(F)F)c1. The molecular formula is C15H13F3N4O4. The summed E-state index contributed by atoms with van der Waals surface area (Å²) < 4.78 is 43.2. The fraction of sp³-hybridized carbons (Fsp3) is 0.333. The van der Waals surface area contributed by atoms with Gasteiger partial charge in [0.2, 0.25) is 5.69 Å². The molecule has 138 valence electrons. The molecule has 1 aliphatic heterocycles. The number of pyridine rings is 1. The average molecular weight is 370 g/mol. The highest BCUT2D eigenvalue weighted by molar-refractivity contribution is 6.10. The second kappa shape index (κ2) is 6.32. The number of methoxy groups -OCH3 is 1. The van der Waals surface area contributed by atoms with Crippen molar-refractivity contribution in [1.82, 2.24) is 9.78 Å². The fourth-order valence-electron chi connectivity index (χ4n) is 2.88. The number of aromatic nitrogens is 3. The van der Waals surface area contributed by atoms with Gasteiger partial charge in [-0.25, -0.2) is 0 Å². The lowest BCUT2D eigenvalue weighted by atomic mass is 10.1. The maximum Gasteiger partial charge on any atom is 0.408 e. The molecule has 0 spiro atoms. The summed E-state index contributed by atoms with van der Waals surface area (Å²) in [5.74, 6) is -1.28. The Kier molecular flexibility index (Phi) is 4.30. The summed E-state index contributed by atoms with van der Waals surface area (Å²) in [5, 5.41) is 15.7. The molecule has 0 aromatic carbocycles. The molecule has 0 saturated carbocycles. The second-order valence-electron chi connectivity index (χ2n) is 5.62. The Hall–Kier alpha value is -3.11. The summed E-state index contributed by atoms with van der Waals surface area (Å²) in [6, 6.07) is 1.78. The fourth-order valence-corrected chi connectivity index (χ4v) is 2.88. The van der Waals surface area contributed by atoms with Crippen molar-refractivity contribution in [1.29, 1.82) is 0 Å². The van der Waals surface area contributed by atoms with Gasteiger partial charge in [0.1, 0.15) is 18.2 Å². The van der Waals surface area contributed by atoms with E-state index in [9.17, 15) is 28.0 Å². The Morgan fingerprint density at radius 3 is 2.85 bits per heavy atom. The molecule has 0 aliphatic carbocycles. The minimum absolute atomic E-state index is 0.0338. The summed E-state index contributed by atoms with van der Waals surface area (Å²) in [4.78, 5) is 25.5. The van der Waals surface area contributed by atoms with Crippen LogP contribution in [-0.4, -0.2) is 34.9 Å². The first kappa shape index (κ1) is 17.7. The zero-order valence-electron chi connectivity index (χ0n) is 13.4. The molecule has 1 amide bonds. The lowest BCUT2D eigenvalue weighted by Crippen LogP contribution is -2.36.